The molecule has 0 fully saturated rings. The van der Waals surface area contributed by atoms with Crippen LogP contribution in [0.25, 0.3) is 11.0 Å². The lowest BCUT2D eigenvalue weighted by atomic mass is 10.0. The highest BCUT2D eigenvalue weighted by molar-refractivity contribution is 9.10. The number of fused-ring (bicyclic) bond motifs is 1. The van der Waals surface area contributed by atoms with Crippen molar-refractivity contribution in [3.8, 4) is 0 Å². The Bertz CT molecular complexity index is 1560. The van der Waals surface area contributed by atoms with Gasteiger partial charge >= 0.3 is 11.7 Å². The van der Waals surface area contributed by atoms with E-state index in [0.29, 0.717) is 36.6 Å². The molecule has 0 amide bonds. The summed E-state index contributed by atoms with van der Waals surface area (Å²) in [5.74, 6) is 0.160. The molecule has 0 aliphatic carbocycles. The summed E-state index contributed by atoms with van der Waals surface area (Å²) in [7, 11) is 0. The molecule has 0 bridgehead atoms. The summed E-state index contributed by atoms with van der Waals surface area (Å²) in [6.07, 6.45) is 2.06. The Labute approximate surface area is 241 Å². The molecule has 4 rings (SSSR count). The Morgan fingerprint density at radius 2 is 1.62 bits per heavy atom. The summed E-state index contributed by atoms with van der Waals surface area (Å²) in [6, 6.07) is 19.3. The number of carbonyl (C=O) groups is 1. The fourth-order valence-electron chi connectivity index (χ4n) is 4.42. The van der Waals surface area contributed by atoms with Crippen molar-refractivity contribution in [2.45, 2.75) is 57.6 Å². The van der Waals surface area contributed by atoms with Crippen molar-refractivity contribution in [3.63, 3.8) is 0 Å². The van der Waals surface area contributed by atoms with Gasteiger partial charge < -0.3 is 9.47 Å². The van der Waals surface area contributed by atoms with Crippen LogP contribution in [0.1, 0.15) is 48.9 Å². The molecule has 9 heteroatoms. The van der Waals surface area contributed by atoms with Gasteiger partial charge in [0.1, 0.15) is 10.5 Å². The number of pyridine rings is 1. The van der Waals surface area contributed by atoms with Crippen molar-refractivity contribution in [2.24, 2.45) is 0 Å². The molecule has 2 aromatic carbocycles. The average molecular weight is 609 g/mol. The van der Waals surface area contributed by atoms with E-state index in [0.717, 1.165) is 16.7 Å². The minimum atomic E-state index is -0.437. The van der Waals surface area contributed by atoms with Crippen molar-refractivity contribution in [2.75, 3.05) is 13.2 Å². The Balaban J connectivity index is 1.49. The van der Waals surface area contributed by atoms with Gasteiger partial charge in [0.15, 0.2) is 0 Å². The number of hydrogen-bond donors (Lipinski definition) is 0. The first kappa shape index (κ1) is 29.4. The number of aromatic nitrogens is 3. The summed E-state index contributed by atoms with van der Waals surface area (Å²) in [6.45, 7) is 7.39. The van der Waals surface area contributed by atoms with E-state index in [9.17, 15) is 14.4 Å². The normalized spacial score (nSPS) is 12.1. The molecule has 0 spiro atoms. The first-order valence-corrected chi connectivity index (χ1v) is 14.3. The minimum absolute atomic E-state index is 0.131. The Morgan fingerprint density at radius 1 is 0.950 bits per heavy atom. The molecule has 8 nitrogen and oxygen atoms in total. The number of rotatable bonds is 12. The highest BCUT2D eigenvalue weighted by Gasteiger charge is 2.17. The van der Waals surface area contributed by atoms with Crippen LogP contribution in [0.4, 0.5) is 0 Å². The third-order valence-corrected chi connectivity index (χ3v) is 7.37. The molecule has 0 aliphatic rings. The monoisotopic (exact) mass is 607 g/mol. The largest absolute Gasteiger partial charge is 0.465 e. The van der Waals surface area contributed by atoms with E-state index in [1.165, 1.54) is 14.7 Å². The van der Waals surface area contributed by atoms with Crippen LogP contribution in [0.2, 0.25) is 0 Å². The molecule has 4 aromatic rings. The number of carbonyl (C=O) groups excluding carboxylic acids is 1. The van der Waals surface area contributed by atoms with Crippen LogP contribution in [-0.2, 0) is 40.4 Å². The lowest BCUT2D eigenvalue weighted by Gasteiger charge is -2.14. The zero-order chi connectivity index (χ0) is 28.6. The summed E-state index contributed by atoms with van der Waals surface area (Å²) in [5.41, 5.74) is 3.64. The van der Waals surface area contributed by atoms with Gasteiger partial charge in [-0.25, -0.2) is 9.78 Å². The van der Waals surface area contributed by atoms with Gasteiger partial charge in [0, 0.05) is 6.20 Å². The summed E-state index contributed by atoms with van der Waals surface area (Å²) in [4.78, 5) is 42.5. The predicted molar refractivity (Wildman–Crippen MR) is 159 cm³/mol. The van der Waals surface area contributed by atoms with Gasteiger partial charge in [0.2, 0.25) is 0 Å². The maximum absolute atomic E-state index is 13.5. The minimum Gasteiger partial charge on any atom is -0.465 e. The van der Waals surface area contributed by atoms with Gasteiger partial charge in [-0.1, -0.05) is 78.3 Å². The molecule has 2 aromatic heterocycles. The van der Waals surface area contributed by atoms with Crippen LogP contribution in [0.3, 0.4) is 0 Å². The van der Waals surface area contributed by atoms with Gasteiger partial charge in [-0.05, 0) is 53.6 Å². The number of ether oxygens (including phenoxy) is 2. The molecule has 1 unspecified atom stereocenters. The fourth-order valence-corrected chi connectivity index (χ4v) is 4.92. The third-order valence-electron chi connectivity index (χ3n) is 6.67. The van der Waals surface area contributed by atoms with Crippen molar-refractivity contribution >= 4 is 32.9 Å². The molecule has 210 valence electrons. The lowest BCUT2D eigenvalue weighted by Crippen LogP contribution is -2.41. The van der Waals surface area contributed by atoms with E-state index in [4.69, 9.17) is 9.47 Å². The van der Waals surface area contributed by atoms with Gasteiger partial charge in [-0.3, -0.25) is 18.7 Å². The number of benzene rings is 2. The van der Waals surface area contributed by atoms with Gasteiger partial charge in [0.05, 0.1) is 38.3 Å². The first-order chi connectivity index (χ1) is 19.3. The second-order valence-corrected chi connectivity index (χ2v) is 11.0. The highest BCUT2D eigenvalue weighted by atomic mass is 79.9. The quantitative estimate of drug-likeness (QED) is 0.130. The van der Waals surface area contributed by atoms with E-state index in [-0.39, 0.29) is 31.2 Å². The van der Waals surface area contributed by atoms with Crippen molar-refractivity contribution in [3.05, 3.63) is 110 Å². The molecule has 0 N–H and O–H groups in total. The number of esters is 1. The summed E-state index contributed by atoms with van der Waals surface area (Å²) < 4.78 is 13.6. The molecule has 0 aliphatic heterocycles. The van der Waals surface area contributed by atoms with E-state index < -0.39 is 10.5 Å². The number of hydrogen-bond acceptors (Lipinski definition) is 6. The topological polar surface area (TPSA) is 92.4 Å². The summed E-state index contributed by atoms with van der Waals surface area (Å²) in [5, 5.41) is 0.375. The first-order valence-electron chi connectivity index (χ1n) is 13.4. The van der Waals surface area contributed by atoms with Crippen LogP contribution < -0.4 is 11.2 Å². The Hall–Kier alpha value is -3.56. The Morgan fingerprint density at radius 3 is 2.30 bits per heavy atom. The van der Waals surface area contributed by atoms with Crippen LogP contribution >= 0.6 is 15.9 Å². The zero-order valence-electron chi connectivity index (χ0n) is 23.0. The molecule has 1 atom stereocenters. The van der Waals surface area contributed by atoms with Crippen molar-refractivity contribution < 1.29 is 14.3 Å². The highest BCUT2D eigenvalue weighted by Crippen LogP contribution is 2.16. The van der Waals surface area contributed by atoms with Crippen molar-refractivity contribution in [1.29, 1.82) is 0 Å². The van der Waals surface area contributed by atoms with Crippen LogP contribution in [0.15, 0.2) is 76.4 Å². The lowest BCUT2D eigenvalue weighted by molar-refractivity contribution is -0.142. The molecule has 0 radical (unpaired) electrons. The third kappa shape index (κ3) is 7.14. The SMILES string of the molecule is CCOC(=O)C(Br)Cc1ccc(Cn2c(=O)n(CCOCc3ccc(C(C)C)cc3)c(=O)c3cccnc32)cc1. The second kappa shape index (κ2) is 13.7. The average Bonchev–Trinajstić information content (AvgIpc) is 2.96. The number of halogens is 1. The summed E-state index contributed by atoms with van der Waals surface area (Å²) >= 11 is 3.38. The van der Waals surface area contributed by atoms with Gasteiger partial charge in [-0.2, -0.15) is 0 Å². The van der Waals surface area contributed by atoms with E-state index in [2.05, 4.69) is 46.9 Å². The molecule has 0 saturated carbocycles. The van der Waals surface area contributed by atoms with E-state index in [1.807, 2.05) is 36.4 Å². The molecule has 0 saturated heterocycles. The van der Waals surface area contributed by atoms with E-state index >= 15 is 0 Å². The maximum Gasteiger partial charge on any atom is 0.333 e. The van der Waals surface area contributed by atoms with Gasteiger partial charge in [0.25, 0.3) is 5.56 Å². The molecular weight excluding hydrogens is 574 g/mol. The van der Waals surface area contributed by atoms with Crippen LogP contribution in [-0.4, -0.2) is 38.1 Å². The number of alkyl halides is 1. The molecule has 40 heavy (non-hydrogen) atoms. The fraction of sp³-hybridized carbons (Fsp3) is 0.355. The van der Waals surface area contributed by atoms with Crippen molar-refractivity contribution in [1.82, 2.24) is 14.1 Å². The Kier molecular flexibility index (Phi) is 10.1. The maximum atomic E-state index is 13.5. The molecule has 2 heterocycles. The predicted octanol–water partition coefficient (Wildman–Crippen LogP) is 4.82. The standard InChI is InChI=1S/C31H34BrN3O5/c1-4-40-30(37)27(32)18-22-7-9-23(10-8-22)19-35-28-26(6-5-15-33-28)29(36)34(31(35)38)16-17-39-20-24-11-13-25(14-12-24)21(2)3/h5-15,21,27H,4,16-20H2,1-3H3. The van der Waals surface area contributed by atoms with Crippen LogP contribution in [0, 0.1) is 0 Å². The van der Waals surface area contributed by atoms with Crippen LogP contribution in [0.5, 0.6) is 0 Å². The van der Waals surface area contributed by atoms with E-state index in [1.54, 1.807) is 25.3 Å². The molecular formula is C31H34BrN3O5. The zero-order valence-corrected chi connectivity index (χ0v) is 24.6. The number of nitrogens with zero attached hydrogens (tertiary/aromatic N) is 3. The van der Waals surface area contributed by atoms with Gasteiger partial charge in [-0.15, -0.1) is 0 Å². The smallest absolute Gasteiger partial charge is 0.333 e. The second-order valence-electron chi connectivity index (χ2n) is 9.89.